The van der Waals surface area contributed by atoms with Crippen LogP contribution in [0.15, 0.2) is 67.3 Å². The van der Waals surface area contributed by atoms with Gasteiger partial charge in [-0.15, -0.1) is 0 Å². The lowest BCUT2D eigenvalue weighted by molar-refractivity contribution is -0.0383. The highest BCUT2D eigenvalue weighted by Crippen LogP contribution is 2.44. The number of rotatable bonds is 8. The van der Waals surface area contributed by atoms with Crippen molar-refractivity contribution in [1.82, 2.24) is 19.5 Å². The first-order valence-electron chi connectivity index (χ1n) is 17.1. The van der Waals surface area contributed by atoms with Crippen molar-refractivity contribution in [3.8, 4) is 0 Å². The van der Waals surface area contributed by atoms with E-state index in [2.05, 4.69) is 133 Å². The molecule has 0 bridgehead atoms. The second-order valence-corrected chi connectivity index (χ2v) is 26.1. The number of hydrogen-bond donors (Lipinski definition) is 1. The summed E-state index contributed by atoms with van der Waals surface area (Å²) >= 11 is 0. The van der Waals surface area contributed by atoms with Crippen LogP contribution in [0.5, 0.6) is 0 Å². The van der Waals surface area contributed by atoms with Crippen LogP contribution >= 0.6 is 0 Å². The topological polar surface area (TPSA) is 83.3 Å². The minimum absolute atomic E-state index is 0.0799. The molecule has 2 aromatic heterocycles. The van der Waals surface area contributed by atoms with Crippen molar-refractivity contribution in [3.05, 3.63) is 67.3 Å². The summed E-state index contributed by atoms with van der Waals surface area (Å²) in [6.07, 6.45) is 3.58. The molecule has 1 fully saturated rings. The number of anilines is 2. The lowest BCUT2D eigenvalue weighted by Crippen LogP contribution is -2.48. The van der Waals surface area contributed by atoms with Crippen LogP contribution in [0.25, 0.3) is 43.5 Å². The average molecular weight is 680 g/mol. The van der Waals surface area contributed by atoms with Crippen LogP contribution in [-0.2, 0) is 13.6 Å². The molecule has 0 unspecified atom stereocenters. The number of nitrogens with one attached hydrogen (secondary N) is 1. The number of aromatic nitrogens is 4. The number of imidazole rings is 1. The molecule has 0 aliphatic carbocycles. The van der Waals surface area contributed by atoms with Crippen molar-refractivity contribution in [2.45, 2.75) is 103 Å². The van der Waals surface area contributed by atoms with Gasteiger partial charge in [-0.05, 0) is 69.3 Å². The normalized spacial score (nSPS) is 19.8. The zero-order valence-electron chi connectivity index (χ0n) is 30.0. The van der Waals surface area contributed by atoms with Gasteiger partial charge in [0.25, 0.3) is 0 Å². The summed E-state index contributed by atoms with van der Waals surface area (Å²) in [5.74, 6) is 0.665. The van der Waals surface area contributed by atoms with Crippen LogP contribution < -0.4 is 5.32 Å². The van der Waals surface area contributed by atoms with E-state index in [1.165, 1.54) is 26.9 Å². The minimum Gasteiger partial charge on any atom is -0.414 e. The molecule has 48 heavy (non-hydrogen) atoms. The smallest absolute Gasteiger partial charge is 0.192 e. The summed E-state index contributed by atoms with van der Waals surface area (Å²) in [6, 6.07) is 19.6. The Morgan fingerprint density at radius 1 is 0.812 bits per heavy atom. The molecule has 8 nitrogen and oxygen atoms in total. The Kier molecular flexibility index (Phi) is 7.99. The van der Waals surface area contributed by atoms with Gasteiger partial charge in [0.2, 0.25) is 0 Å². The molecule has 3 heterocycles. The van der Waals surface area contributed by atoms with E-state index >= 15 is 0 Å². The Labute approximate surface area is 285 Å². The highest BCUT2D eigenvalue weighted by Gasteiger charge is 2.47. The molecule has 6 aromatic rings. The average Bonchev–Trinajstić information content (AvgIpc) is 3.62. The van der Waals surface area contributed by atoms with Gasteiger partial charge in [0.05, 0.1) is 19.0 Å². The molecule has 0 saturated carbocycles. The Hall–Kier alpha value is -3.42. The molecule has 4 aromatic carbocycles. The summed E-state index contributed by atoms with van der Waals surface area (Å²) in [5, 5.41) is 11.2. The van der Waals surface area contributed by atoms with Gasteiger partial charge < -0.3 is 18.9 Å². The zero-order valence-corrected chi connectivity index (χ0v) is 32.0. The SMILES string of the molecule is CC(C)(C)[Si](C)(C)OC[C@H]1O[C@@H](n2cnc3c(Nc4ccc5ccc6cccc7ccc4c5c67)ncnc32)C[C@@H]1O[Si](C)(C)C(C)(C)C. The molecule has 10 heteroatoms. The molecule has 1 aliphatic heterocycles. The van der Waals surface area contributed by atoms with Gasteiger partial charge >= 0.3 is 0 Å². The van der Waals surface area contributed by atoms with Gasteiger partial charge in [-0.1, -0.05) is 90.1 Å². The standard InChI is InChI=1S/C38H49N5O3Si2/c1-37(2,3)47(7,8)44-21-30-29(46-48(9,10)38(4,5)6)20-31(45-30)43-23-41-34-35(39-22-40-36(34)43)42-28-19-17-26-15-14-24-12-11-13-25-16-18-27(28)33(26)32(24)25/h11-19,22-23,29-31H,20-21H2,1-10H3,(H,39,40,42)/t29-,30+,31+/m0/s1. The van der Waals surface area contributed by atoms with E-state index in [0.29, 0.717) is 24.4 Å². The highest BCUT2D eigenvalue weighted by atomic mass is 28.4. The molecule has 1 saturated heterocycles. The largest absolute Gasteiger partial charge is 0.414 e. The maximum atomic E-state index is 7.03. The van der Waals surface area contributed by atoms with Gasteiger partial charge in [-0.3, -0.25) is 4.57 Å². The van der Waals surface area contributed by atoms with Crippen molar-refractivity contribution in [3.63, 3.8) is 0 Å². The van der Waals surface area contributed by atoms with Gasteiger partial charge in [-0.2, -0.15) is 0 Å². The first kappa shape index (κ1) is 33.1. The summed E-state index contributed by atoms with van der Waals surface area (Å²) in [7, 11) is -4.06. The minimum atomic E-state index is -2.08. The zero-order chi connectivity index (χ0) is 34.2. The first-order chi connectivity index (χ1) is 22.5. The van der Waals surface area contributed by atoms with E-state index in [-0.39, 0.29) is 28.5 Å². The van der Waals surface area contributed by atoms with E-state index in [9.17, 15) is 0 Å². The van der Waals surface area contributed by atoms with Gasteiger partial charge in [0, 0.05) is 17.5 Å². The second kappa shape index (κ2) is 11.6. The summed E-state index contributed by atoms with van der Waals surface area (Å²) in [5.41, 5.74) is 2.42. The van der Waals surface area contributed by atoms with E-state index in [1.807, 2.05) is 10.9 Å². The molecule has 0 radical (unpaired) electrons. The van der Waals surface area contributed by atoms with Gasteiger partial charge in [-0.25, -0.2) is 15.0 Å². The quantitative estimate of drug-likeness (QED) is 0.127. The Balaban J connectivity index is 1.20. The predicted octanol–water partition coefficient (Wildman–Crippen LogP) is 10.2. The van der Waals surface area contributed by atoms with Crippen LogP contribution in [0.2, 0.25) is 36.3 Å². The molecule has 1 aliphatic rings. The Morgan fingerprint density at radius 2 is 1.46 bits per heavy atom. The van der Waals surface area contributed by atoms with E-state index in [4.69, 9.17) is 23.6 Å². The molecule has 0 amide bonds. The number of ether oxygens (including phenoxy) is 1. The van der Waals surface area contributed by atoms with Crippen molar-refractivity contribution in [1.29, 1.82) is 0 Å². The number of benzene rings is 4. The molecule has 0 spiro atoms. The maximum Gasteiger partial charge on any atom is 0.192 e. The molecule has 1 N–H and O–H groups in total. The van der Waals surface area contributed by atoms with Gasteiger partial charge in [0.1, 0.15) is 18.7 Å². The van der Waals surface area contributed by atoms with Crippen LogP contribution in [0, 0.1) is 0 Å². The Bertz CT molecular complexity index is 2100. The lowest BCUT2D eigenvalue weighted by Gasteiger charge is -2.40. The number of nitrogens with zero attached hydrogens (tertiary/aromatic N) is 4. The highest BCUT2D eigenvalue weighted by molar-refractivity contribution is 6.74. The van der Waals surface area contributed by atoms with E-state index in [0.717, 1.165) is 16.7 Å². The van der Waals surface area contributed by atoms with E-state index < -0.39 is 16.6 Å². The summed E-state index contributed by atoms with van der Waals surface area (Å²) < 4.78 is 22.6. The molecular formula is C38H49N5O3Si2. The fraction of sp³-hybridized carbons (Fsp3) is 0.447. The van der Waals surface area contributed by atoms with Crippen molar-refractivity contribution < 1.29 is 13.6 Å². The van der Waals surface area contributed by atoms with Crippen molar-refractivity contribution in [2.75, 3.05) is 11.9 Å². The number of hydrogen-bond acceptors (Lipinski definition) is 7. The van der Waals surface area contributed by atoms with Crippen LogP contribution in [0.4, 0.5) is 11.5 Å². The molecular weight excluding hydrogens is 631 g/mol. The Morgan fingerprint density at radius 3 is 2.15 bits per heavy atom. The fourth-order valence-electron chi connectivity index (χ4n) is 6.33. The number of fused-ring (bicyclic) bond motifs is 1. The predicted molar refractivity (Wildman–Crippen MR) is 202 cm³/mol. The van der Waals surface area contributed by atoms with E-state index in [1.54, 1.807) is 6.33 Å². The summed E-state index contributed by atoms with van der Waals surface area (Å²) in [6.45, 7) is 23.4. The van der Waals surface area contributed by atoms with Crippen molar-refractivity contribution >= 4 is 71.6 Å². The summed E-state index contributed by atoms with van der Waals surface area (Å²) in [4.78, 5) is 14.2. The third-order valence-electron chi connectivity index (χ3n) is 11.3. The molecule has 3 atom stereocenters. The fourth-order valence-corrected chi connectivity index (χ4v) is 8.71. The van der Waals surface area contributed by atoms with Crippen LogP contribution in [0.1, 0.15) is 54.2 Å². The van der Waals surface area contributed by atoms with Gasteiger partial charge in [0.15, 0.2) is 33.6 Å². The van der Waals surface area contributed by atoms with Crippen molar-refractivity contribution in [2.24, 2.45) is 0 Å². The molecule has 7 rings (SSSR count). The third kappa shape index (κ3) is 5.71. The third-order valence-corrected chi connectivity index (χ3v) is 20.3. The monoisotopic (exact) mass is 679 g/mol. The first-order valence-corrected chi connectivity index (χ1v) is 22.9. The second-order valence-electron chi connectivity index (χ2n) is 16.5. The molecule has 252 valence electrons. The lowest BCUT2D eigenvalue weighted by atomic mass is 9.93. The van der Waals surface area contributed by atoms with Crippen LogP contribution in [-0.4, -0.2) is 55.0 Å². The van der Waals surface area contributed by atoms with Crippen LogP contribution in [0.3, 0.4) is 0 Å². The maximum absolute atomic E-state index is 7.03.